The minimum Gasteiger partial charge on any atom is -0.337 e. The Kier molecular flexibility index (Phi) is 6.51. The third kappa shape index (κ3) is 5.18. The summed E-state index contributed by atoms with van der Waals surface area (Å²) in [5.74, 6) is -0.156. The third-order valence-electron chi connectivity index (χ3n) is 5.50. The quantitative estimate of drug-likeness (QED) is 0.305. The normalized spacial score (nSPS) is 11.7. The molecule has 4 aromatic rings. The van der Waals surface area contributed by atoms with Gasteiger partial charge in [0.05, 0.1) is 11.1 Å². The maximum absolute atomic E-state index is 12.7. The molecule has 0 saturated heterocycles. The van der Waals surface area contributed by atoms with Crippen molar-refractivity contribution >= 4 is 38.7 Å². The molecule has 0 aliphatic rings. The molecule has 2 N–H and O–H groups in total. The van der Waals surface area contributed by atoms with Crippen LogP contribution in [0.4, 0.5) is 5.69 Å². The zero-order chi connectivity index (χ0) is 24.3. The smallest absolute Gasteiger partial charge is 0.276 e. The molecule has 4 rings (SSSR count). The monoisotopic (exact) mass is 474 g/mol. The van der Waals surface area contributed by atoms with Gasteiger partial charge in [0.25, 0.3) is 10.0 Å². The molecule has 0 atom stereocenters. The van der Waals surface area contributed by atoms with E-state index in [1.807, 2.05) is 67.8 Å². The molecule has 7 nitrogen and oxygen atoms in total. The number of para-hydroxylation sites is 1. The van der Waals surface area contributed by atoms with Gasteiger partial charge in [-0.1, -0.05) is 53.6 Å². The maximum atomic E-state index is 12.7. The summed E-state index contributed by atoms with van der Waals surface area (Å²) in [7, 11) is -3.77. The molecule has 174 valence electrons. The number of amides is 1. The van der Waals surface area contributed by atoms with Crippen LogP contribution in [0.2, 0.25) is 0 Å². The second kappa shape index (κ2) is 9.52. The number of nitrogens with one attached hydrogen (secondary N) is 2. The lowest BCUT2D eigenvalue weighted by molar-refractivity contribution is -0.116. The molecule has 0 fully saturated rings. The van der Waals surface area contributed by atoms with Gasteiger partial charge in [-0.05, 0) is 50.6 Å². The summed E-state index contributed by atoms with van der Waals surface area (Å²) >= 11 is 0. The van der Waals surface area contributed by atoms with E-state index in [9.17, 15) is 13.2 Å². The highest BCUT2D eigenvalue weighted by Gasteiger charge is 2.13. The van der Waals surface area contributed by atoms with Crippen LogP contribution >= 0.6 is 0 Å². The van der Waals surface area contributed by atoms with Crippen molar-refractivity contribution in [3.63, 3.8) is 0 Å². The fourth-order valence-electron chi connectivity index (χ4n) is 3.74. The van der Waals surface area contributed by atoms with Gasteiger partial charge in [-0.25, -0.2) is 4.83 Å². The van der Waals surface area contributed by atoms with Gasteiger partial charge < -0.3 is 9.88 Å². The number of anilines is 1. The minimum atomic E-state index is -3.77. The lowest BCUT2D eigenvalue weighted by atomic mass is 10.1. The molecule has 1 amide bonds. The number of rotatable bonds is 7. The van der Waals surface area contributed by atoms with Gasteiger partial charge in [0.1, 0.15) is 6.54 Å². The van der Waals surface area contributed by atoms with Gasteiger partial charge in [-0.2, -0.15) is 13.5 Å². The fourth-order valence-corrected chi connectivity index (χ4v) is 4.53. The first-order valence-electron chi connectivity index (χ1n) is 10.8. The average molecular weight is 475 g/mol. The van der Waals surface area contributed by atoms with Crippen LogP contribution in [0.25, 0.3) is 10.9 Å². The predicted molar refractivity (Wildman–Crippen MR) is 136 cm³/mol. The van der Waals surface area contributed by atoms with Gasteiger partial charge in [0.15, 0.2) is 0 Å². The standard InChI is InChI=1S/C26H26N4O3S/c1-18-8-11-22(12-9-18)34(32,33)29-27-15-21-16-30(25-7-5-4-6-23(21)25)17-26(31)28-24-13-10-19(2)14-20(24)3/h4-16,29H,17H2,1-3H3,(H,28,31)/b27-15+. The highest BCUT2D eigenvalue weighted by atomic mass is 32.2. The summed E-state index contributed by atoms with van der Waals surface area (Å²) in [6.45, 7) is 5.96. The Balaban J connectivity index is 1.53. The molecule has 0 radical (unpaired) electrons. The van der Waals surface area contributed by atoms with Crippen LogP contribution in [0, 0.1) is 20.8 Å². The van der Waals surface area contributed by atoms with Gasteiger partial charge in [0.2, 0.25) is 5.91 Å². The number of fused-ring (bicyclic) bond motifs is 1. The van der Waals surface area contributed by atoms with Crippen molar-refractivity contribution in [3.8, 4) is 0 Å². The zero-order valence-corrected chi connectivity index (χ0v) is 20.1. The molecule has 0 aliphatic heterocycles. The Hall–Kier alpha value is -3.91. The lowest BCUT2D eigenvalue weighted by Gasteiger charge is -2.10. The Bertz CT molecular complexity index is 1490. The lowest BCUT2D eigenvalue weighted by Crippen LogP contribution is -2.19. The molecule has 34 heavy (non-hydrogen) atoms. The second-order valence-corrected chi connectivity index (χ2v) is 9.92. The number of hydrazone groups is 1. The highest BCUT2D eigenvalue weighted by Crippen LogP contribution is 2.21. The van der Waals surface area contributed by atoms with Gasteiger partial charge >= 0.3 is 0 Å². The number of hydrogen-bond acceptors (Lipinski definition) is 4. The van der Waals surface area contributed by atoms with E-state index in [0.717, 1.165) is 33.3 Å². The highest BCUT2D eigenvalue weighted by molar-refractivity contribution is 7.89. The van der Waals surface area contributed by atoms with Crippen LogP contribution in [0.3, 0.4) is 0 Å². The van der Waals surface area contributed by atoms with Crippen LogP contribution in [0.15, 0.2) is 82.9 Å². The maximum Gasteiger partial charge on any atom is 0.276 e. The van der Waals surface area contributed by atoms with Crippen molar-refractivity contribution in [1.82, 2.24) is 9.40 Å². The van der Waals surface area contributed by atoms with Gasteiger partial charge in [0, 0.05) is 28.4 Å². The van der Waals surface area contributed by atoms with Crippen molar-refractivity contribution in [2.45, 2.75) is 32.2 Å². The van der Waals surface area contributed by atoms with Crippen molar-refractivity contribution in [2.75, 3.05) is 5.32 Å². The molecule has 0 unspecified atom stereocenters. The largest absolute Gasteiger partial charge is 0.337 e. The van der Waals surface area contributed by atoms with Crippen LogP contribution in [-0.4, -0.2) is 25.1 Å². The fraction of sp³-hybridized carbons (Fsp3) is 0.154. The number of aromatic nitrogens is 1. The first-order chi connectivity index (χ1) is 16.2. The zero-order valence-electron chi connectivity index (χ0n) is 19.2. The van der Waals surface area contributed by atoms with Gasteiger partial charge in [-0.3, -0.25) is 4.79 Å². The van der Waals surface area contributed by atoms with Crippen molar-refractivity contribution in [2.24, 2.45) is 5.10 Å². The Morgan fingerprint density at radius 3 is 2.41 bits per heavy atom. The number of aryl methyl sites for hydroxylation is 3. The topological polar surface area (TPSA) is 92.6 Å². The van der Waals surface area contributed by atoms with E-state index in [-0.39, 0.29) is 17.3 Å². The van der Waals surface area contributed by atoms with E-state index in [4.69, 9.17) is 0 Å². The number of nitrogens with zero attached hydrogens (tertiary/aromatic N) is 2. The average Bonchev–Trinajstić information content (AvgIpc) is 3.13. The molecule has 1 heterocycles. The van der Waals surface area contributed by atoms with E-state index in [1.54, 1.807) is 18.3 Å². The third-order valence-corrected chi connectivity index (χ3v) is 6.74. The van der Waals surface area contributed by atoms with E-state index < -0.39 is 10.0 Å². The summed E-state index contributed by atoms with van der Waals surface area (Å²) in [5.41, 5.74) is 5.42. The summed E-state index contributed by atoms with van der Waals surface area (Å²) in [6, 6.07) is 20.0. The van der Waals surface area contributed by atoms with Crippen LogP contribution in [0.5, 0.6) is 0 Å². The molecular formula is C26H26N4O3S. The summed E-state index contributed by atoms with van der Waals surface area (Å²) in [4.78, 5) is 15.1. The Morgan fingerprint density at radius 1 is 0.971 bits per heavy atom. The molecule has 0 spiro atoms. The van der Waals surface area contributed by atoms with E-state index in [1.165, 1.54) is 18.3 Å². The first kappa shape index (κ1) is 23.3. The number of hydrogen-bond donors (Lipinski definition) is 2. The number of carbonyl (C=O) groups excluding carboxylic acids is 1. The molecule has 0 saturated carbocycles. The Morgan fingerprint density at radius 2 is 1.68 bits per heavy atom. The van der Waals surface area contributed by atoms with Gasteiger partial charge in [-0.15, -0.1) is 0 Å². The number of sulfonamides is 1. The van der Waals surface area contributed by atoms with E-state index in [2.05, 4.69) is 15.2 Å². The predicted octanol–water partition coefficient (Wildman–Crippen LogP) is 4.52. The molecule has 8 heteroatoms. The Labute approximate surface area is 199 Å². The van der Waals surface area contributed by atoms with Crippen LogP contribution in [0.1, 0.15) is 22.3 Å². The van der Waals surface area contributed by atoms with Crippen LogP contribution in [-0.2, 0) is 21.4 Å². The van der Waals surface area contributed by atoms with Crippen molar-refractivity contribution in [3.05, 3.63) is 95.2 Å². The molecule has 0 aliphatic carbocycles. The summed E-state index contributed by atoms with van der Waals surface area (Å²) in [5, 5.41) is 7.79. The molecule has 1 aromatic heterocycles. The van der Waals surface area contributed by atoms with E-state index >= 15 is 0 Å². The molecular weight excluding hydrogens is 448 g/mol. The SMILES string of the molecule is Cc1ccc(S(=O)(=O)N/N=C/c2cn(CC(=O)Nc3ccc(C)cc3C)c3ccccc23)cc1. The van der Waals surface area contributed by atoms with E-state index in [0.29, 0.717) is 5.56 Å². The number of carbonyl (C=O) groups is 1. The summed E-state index contributed by atoms with van der Waals surface area (Å²) in [6.07, 6.45) is 3.24. The number of benzene rings is 3. The first-order valence-corrected chi connectivity index (χ1v) is 12.3. The van der Waals surface area contributed by atoms with Crippen molar-refractivity contribution < 1.29 is 13.2 Å². The summed E-state index contributed by atoms with van der Waals surface area (Å²) < 4.78 is 26.8. The van der Waals surface area contributed by atoms with Crippen molar-refractivity contribution in [1.29, 1.82) is 0 Å². The second-order valence-electron chi connectivity index (χ2n) is 8.26. The molecule has 3 aromatic carbocycles. The van der Waals surface area contributed by atoms with Crippen LogP contribution < -0.4 is 10.1 Å². The minimum absolute atomic E-state index is 0.108. The molecule has 0 bridgehead atoms.